The van der Waals surface area contributed by atoms with Crippen LogP contribution in [0.3, 0.4) is 0 Å². The minimum absolute atomic E-state index is 0.163. The summed E-state index contributed by atoms with van der Waals surface area (Å²) in [6.45, 7) is 0.838. The molecule has 1 aromatic carbocycles. The number of piperidine rings is 1. The van der Waals surface area contributed by atoms with Crippen LogP contribution in [-0.4, -0.2) is 37.1 Å². The van der Waals surface area contributed by atoms with Crippen LogP contribution in [0.4, 0.5) is 0 Å². The van der Waals surface area contributed by atoms with E-state index in [1.807, 2.05) is 33.9 Å². The molecule has 138 valence electrons. The average molecular weight is 361 g/mol. The second kappa shape index (κ2) is 8.12. The number of carbonyl (C=O) groups is 1. The fourth-order valence-corrected chi connectivity index (χ4v) is 3.71. The molecule has 4 rings (SSSR count). The normalized spacial score (nSPS) is 17.0. The molecule has 1 amide bonds. The molecular formula is C21H23N5O. The van der Waals surface area contributed by atoms with E-state index >= 15 is 0 Å². The maximum absolute atomic E-state index is 12.9. The molecule has 0 bridgehead atoms. The van der Waals surface area contributed by atoms with Crippen LogP contribution in [0.5, 0.6) is 0 Å². The second-order valence-electron chi connectivity index (χ2n) is 6.92. The van der Waals surface area contributed by atoms with E-state index in [1.165, 1.54) is 0 Å². The lowest BCUT2D eigenvalue weighted by Crippen LogP contribution is -2.38. The molecule has 0 N–H and O–H groups in total. The van der Waals surface area contributed by atoms with Crippen molar-refractivity contribution in [2.75, 3.05) is 6.54 Å². The number of aromatic nitrogens is 4. The number of carbonyl (C=O) groups excluding carboxylic acids is 1. The standard InChI is InChI=1S/C21H23N5O/c27-21(26-13-2-1-5-20(26)18-4-3-12-22-14-18)11-8-17-6-9-19(10-7-17)25-15-23-24-16-25/h3-4,6-7,9-10,12,14-16,20H,1-2,5,8,11,13H2/t20-/m1/s1. The highest BCUT2D eigenvalue weighted by Gasteiger charge is 2.27. The Morgan fingerprint density at radius 3 is 2.63 bits per heavy atom. The minimum Gasteiger partial charge on any atom is -0.336 e. The molecular weight excluding hydrogens is 338 g/mol. The molecule has 3 aromatic rings. The Balaban J connectivity index is 1.39. The zero-order valence-electron chi connectivity index (χ0n) is 15.2. The molecule has 27 heavy (non-hydrogen) atoms. The molecule has 6 heteroatoms. The van der Waals surface area contributed by atoms with Crippen molar-refractivity contribution in [1.29, 1.82) is 0 Å². The first-order chi connectivity index (χ1) is 13.3. The SMILES string of the molecule is O=C(CCc1ccc(-n2cnnc2)cc1)N1CCCC[C@@H]1c1cccnc1. The van der Waals surface area contributed by atoms with E-state index in [2.05, 4.69) is 33.4 Å². The van der Waals surface area contributed by atoms with Gasteiger partial charge in [0, 0.05) is 31.0 Å². The average Bonchev–Trinajstić information content (AvgIpc) is 3.28. The molecule has 1 fully saturated rings. The number of benzene rings is 1. The van der Waals surface area contributed by atoms with E-state index in [4.69, 9.17) is 0 Å². The molecule has 0 saturated carbocycles. The summed E-state index contributed by atoms with van der Waals surface area (Å²) < 4.78 is 1.86. The zero-order chi connectivity index (χ0) is 18.5. The summed E-state index contributed by atoms with van der Waals surface area (Å²) in [5.74, 6) is 0.228. The van der Waals surface area contributed by atoms with Gasteiger partial charge in [-0.25, -0.2) is 0 Å². The van der Waals surface area contributed by atoms with Crippen molar-refractivity contribution in [3.63, 3.8) is 0 Å². The van der Waals surface area contributed by atoms with Gasteiger partial charge in [0.25, 0.3) is 0 Å². The van der Waals surface area contributed by atoms with Gasteiger partial charge in [0.05, 0.1) is 6.04 Å². The molecule has 0 unspecified atom stereocenters. The Morgan fingerprint density at radius 2 is 1.89 bits per heavy atom. The molecule has 0 radical (unpaired) electrons. The van der Waals surface area contributed by atoms with Gasteiger partial charge in [-0.2, -0.15) is 0 Å². The number of nitrogens with zero attached hydrogens (tertiary/aromatic N) is 5. The van der Waals surface area contributed by atoms with Gasteiger partial charge in [0.15, 0.2) is 0 Å². The van der Waals surface area contributed by atoms with E-state index in [-0.39, 0.29) is 11.9 Å². The Hall–Kier alpha value is -3.02. The van der Waals surface area contributed by atoms with E-state index in [9.17, 15) is 4.79 Å². The van der Waals surface area contributed by atoms with Crippen molar-refractivity contribution >= 4 is 5.91 Å². The topological polar surface area (TPSA) is 63.9 Å². The lowest BCUT2D eigenvalue weighted by atomic mass is 9.95. The third kappa shape index (κ3) is 4.05. The number of amides is 1. The molecule has 2 aromatic heterocycles. The first kappa shape index (κ1) is 17.4. The summed E-state index contributed by atoms with van der Waals surface area (Å²) in [6.07, 6.45) is 11.6. The molecule has 0 spiro atoms. The van der Waals surface area contributed by atoms with Gasteiger partial charge in [-0.15, -0.1) is 10.2 Å². The van der Waals surface area contributed by atoms with Gasteiger partial charge in [-0.3, -0.25) is 14.3 Å². The Labute approximate surface area is 158 Å². The van der Waals surface area contributed by atoms with Crippen molar-refractivity contribution in [2.45, 2.75) is 38.1 Å². The highest BCUT2D eigenvalue weighted by Crippen LogP contribution is 2.31. The van der Waals surface area contributed by atoms with Crippen LogP contribution in [0, 0.1) is 0 Å². The predicted octanol–water partition coefficient (Wildman–Crippen LogP) is 3.35. The number of hydrogen-bond acceptors (Lipinski definition) is 4. The number of rotatable bonds is 5. The lowest BCUT2D eigenvalue weighted by molar-refractivity contribution is -0.135. The first-order valence-electron chi connectivity index (χ1n) is 9.44. The van der Waals surface area contributed by atoms with Crippen LogP contribution in [-0.2, 0) is 11.2 Å². The smallest absolute Gasteiger partial charge is 0.223 e. The molecule has 1 saturated heterocycles. The molecule has 1 aliphatic rings. The fraction of sp³-hybridized carbons (Fsp3) is 0.333. The Morgan fingerprint density at radius 1 is 1.07 bits per heavy atom. The van der Waals surface area contributed by atoms with E-state index < -0.39 is 0 Å². The van der Waals surface area contributed by atoms with E-state index in [0.29, 0.717) is 6.42 Å². The number of likely N-dealkylation sites (tertiary alicyclic amines) is 1. The number of pyridine rings is 1. The van der Waals surface area contributed by atoms with Crippen molar-refractivity contribution < 1.29 is 4.79 Å². The first-order valence-corrected chi connectivity index (χ1v) is 9.44. The predicted molar refractivity (Wildman–Crippen MR) is 102 cm³/mol. The zero-order valence-corrected chi connectivity index (χ0v) is 15.2. The summed E-state index contributed by atoms with van der Waals surface area (Å²) in [4.78, 5) is 19.2. The van der Waals surface area contributed by atoms with Crippen molar-refractivity contribution in [2.24, 2.45) is 0 Å². The lowest BCUT2D eigenvalue weighted by Gasteiger charge is -2.36. The minimum atomic E-state index is 0.163. The van der Waals surface area contributed by atoms with Crippen molar-refractivity contribution in [1.82, 2.24) is 24.6 Å². The molecule has 0 aliphatic carbocycles. The molecule has 1 atom stereocenters. The van der Waals surface area contributed by atoms with Crippen molar-refractivity contribution in [3.8, 4) is 5.69 Å². The molecule has 1 aliphatic heterocycles. The third-order valence-electron chi connectivity index (χ3n) is 5.17. The Kier molecular flexibility index (Phi) is 5.23. The highest BCUT2D eigenvalue weighted by molar-refractivity contribution is 5.77. The Bertz CT molecular complexity index is 861. The maximum Gasteiger partial charge on any atom is 0.223 e. The monoisotopic (exact) mass is 361 g/mol. The van der Waals surface area contributed by atoms with Crippen LogP contribution in [0.25, 0.3) is 5.69 Å². The van der Waals surface area contributed by atoms with Crippen LogP contribution in [0.2, 0.25) is 0 Å². The highest BCUT2D eigenvalue weighted by atomic mass is 16.2. The van der Waals surface area contributed by atoms with Gasteiger partial charge in [-0.05, 0) is 55.0 Å². The summed E-state index contributed by atoms with van der Waals surface area (Å²) in [7, 11) is 0. The fourth-order valence-electron chi connectivity index (χ4n) is 3.71. The summed E-state index contributed by atoms with van der Waals surface area (Å²) in [5, 5.41) is 7.65. The largest absolute Gasteiger partial charge is 0.336 e. The van der Waals surface area contributed by atoms with Crippen LogP contribution < -0.4 is 0 Å². The molecule has 3 heterocycles. The van der Waals surface area contributed by atoms with Crippen LogP contribution in [0.1, 0.15) is 42.9 Å². The summed E-state index contributed by atoms with van der Waals surface area (Å²) in [6, 6.07) is 12.4. The van der Waals surface area contributed by atoms with E-state index in [0.717, 1.165) is 49.0 Å². The van der Waals surface area contributed by atoms with Gasteiger partial charge >= 0.3 is 0 Å². The van der Waals surface area contributed by atoms with Gasteiger partial charge < -0.3 is 4.90 Å². The third-order valence-corrected chi connectivity index (χ3v) is 5.17. The van der Waals surface area contributed by atoms with Crippen molar-refractivity contribution in [3.05, 3.63) is 72.6 Å². The van der Waals surface area contributed by atoms with Gasteiger partial charge in [0.1, 0.15) is 12.7 Å². The number of hydrogen-bond donors (Lipinski definition) is 0. The number of aryl methyl sites for hydroxylation is 1. The van der Waals surface area contributed by atoms with Gasteiger partial charge in [-0.1, -0.05) is 18.2 Å². The maximum atomic E-state index is 12.9. The summed E-state index contributed by atoms with van der Waals surface area (Å²) >= 11 is 0. The second-order valence-corrected chi connectivity index (χ2v) is 6.92. The van der Waals surface area contributed by atoms with Gasteiger partial charge in [0.2, 0.25) is 5.91 Å². The summed E-state index contributed by atoms with van der Waals surface area (Å²) in [5.41, 5.74) is 3.32. The van der Waals surface area contributed by atoms with E-state index in [1.54, 1.807) is 18.9 Å². The van der Waals surface area contributed by atoms with Crippen LogP contribution in [0.15, 0.2) is 61.4 Å². The quantitative estimate of drug-likeness (QED) is 0.699. The van der Waals surface area contributed by atoms with Crippen LogP contribution >= 0.6 is 0 Å². The molecule has 6 nitrogen and oxygen atoms in total.